The number of hydrogen-bond acceptors (Lipinski definition) is 3. The minimum atomic E-state index is -0.453. The van der Waals surface area contributed by atoms with Crippen LogP contribution in [-0.2, 0) is 14.3 Å². The average Bonchev–Trinajstić information content (AvgIpc) is 2.47. The molecule has 1 amide bonds. The van der Waals surface area contributed by atoms with E-state index >= 15 is 0 Å². The Bertz CT molecular complexity index is 544. The topological polar surface area (TPSA) is 46.6 Å². The lowest BCUT2D eigenvalue weighted by Gasteiger charge is -2.18. The van der Waals surface area contributed by atoms with Gasteiger partial charge >= 0.3 is 5.97 Å². The van der Waals surface area contributed by atoms with E-state index in [1.54, 1.807) is 24.3 Å². The first kappa shape index (κ1) is 17.5. The van der Waals surface area contributed by atoms with Crippen molar-refractivity contribution in [2.45, 2.75) is 13.3 Å². The van der Waals surface area contributed by atoms with Crippen molar-refractivity contribution >= 4 is 41.2 Å². The maximum atomic E-state index is 12.1. The summed E-state index contributed by atoms with van der Waals surface area (Å²) < 4.78 is 4.58. The Kier molecular flexibility index (Phi) is 7.26. The van der Waals surface area contributed by atoms with E-state index in [0.29, 0.717) is 22.2 Å². The van der Waals surface area contributed by atoms with Crippen molar-refractivity contribution in [1.82, 2.24) is 4.90 Å². The highest BCUT2D eigenvalue weighted by atomic mass is 35.5. The standard InChI is InChI=1S/C15H17Cl2NO3/c1-3-8-18(10-15(20)21-2)14(19)7-4-11-9-12(16)5-6-13(11)17/h4-7,9H,3,8,10H2,1-2H3. The van der Waals surface area contributed by atoms with E-state index in [0.717, 1.165) is 6.42 Å². The van der Waals surface area contributed by atoms with Gasteiger partial charge in [-0.05, 0) is 36.3 Å². The Morgan fingerprint density at radius 1 is 1.33 bits per heavy atom. The van der Waals surface area contributed by atoms with Crippen molar-refractivity contribution in [2.24, 2.45) is 0 Å². The van der Waals surface area contributed by atoms with Gasteiger partial charge < -0.3 is 9.64 Å². The third-order valence-electron chi connectivity index (χ3n) is 2.72. The van der Waals surface area contributed by atoms with Crippen LogP contribution in [0.2, 0.25) is 10.0 Å². The zero-order valence-corrected chi connectivity index (χ0v) is 13.4. The van der Waals surface area contributed by atoms with Gasteiger partial charge in [0.1, 0.15) is 6.54 Å². The Labute approximate surface area is 134 Å². The molecular formula is C15H17Cl2NO3. The van der Waals surface area contributed by atoms with Gasteiger partial charge in [0, 0.05) is 22.7 Å². The fourth-order valence-corrected chi connectivity index (χ4v) is 2.03. The Morgan fingerprint density at radius 2 is 2.05 bits per heavy atom. The lowest BCUT2D eigenvalue weighted by molar-refractivity contribution is -0.145. The fourth-order valence-electron chi connectivity index (χ4n) is 1.67. The molecule has 0 unspecified atom stereocenters. The SMILES string of the molecule is CCCN(CC(=O)OC)C(=O)C=Cc1cc(Cl)ccc1Cl. The summed E-state index contributed by atoms with van der Waals surface area (Å²) in [4.78, 5) is 24.8. The first-order valence-corrected chi connectivity index (χ1v) is 7.22. The molecule has 1 rings (SSSR count). The molecule has 0 N–H and O–H groups in total. The lowest BCUT2D eigenvalue weighted by Crippen LogP contribution is -2.35. The van der Waals surface area contributed by atoms with Crippen LogP contribution in [0.25, 0.3) is 6.08 Å². The molecule has 0 spiro atoms. The average molecular weight is 330 g/mol. The van der Waals surface area contributed by atoms with Gasteiger partial charge in [-0.15, -0.1) is 0 Å². The summed E-state index contributed by atoms with van der Waals surface area (Å²) in [7, 11) is 1.29. The van der Waals surface area contributed by atoms with Crippen LogP contribution in [0.5, 0.6) is 0 Å². The molecule has 0 bridgehead atoms. The van der Waals surface area contributed by atoms with Crippen LogP contribution in [0.1, 0.15) is 18.9 Å². The molecule has 0 aliphatic rings. The predicted octanol–water partition coefficient (Wildman–Crippen LogP) is 3.42. The Morgan fingerprint density at radius 3 is 2.67 bits per heavy atom. The number of methoxy groups -OCH3 is 1. The van der Waals surface area contributed by atoms with E-state index < -0.39 is 5.97 Å². The largest absolute Gasteiger partial charge is 0.468 e. The number of esters is 1. The smallest absolute Gasteiger partial charge is 0.325 e. The van der Waals surface area contributed by atoms with Crippen LogP contribution in [-0.4, -0.2) is 37.0 Å². The second kappa shape index (κ2) is 8.70. The number of benzene rings is 1. The summed E-state index contributed by atoms with van der Waals surface area (Å²) in [6, 6.07) is 4.99. The zero-order valence-electron chi connectivity index (χ0n) is 11.9. The van der Waals surface area contributed by atoms with E-state index in [1.807, 2.05) is 6.92 Å². The van der Waals surface area contributed by atoms with Crippen LogP contribution in [0.3, 0.4) is 0 Å². The second-order valence-corrected chi connectivity index (χ2v) is 5.18. The van der Waals surface area contributed by atoms with Gasteiger partial charge in [0.05, 0.1) is 7.11 Å². The molecule has 0 aliphatic heterocycles. The first-order chi connectivity index (χ1) is 9.97. The number of carbonyl (C=O) groups excluding carboxylic acids is 2. The third-order valence-corrected chi connectivity index (χ3v) is 3.30. The molecule has 0 aliphatic carbocycles. The van der Waals surface area contributed by atoms with Gasteiger partial charge in [0.25, 0.3) is 0 Å². The number of rotatable bonds is 6. The number of hydrogen-bond donors (Lipinski definition) is 0. The van der Waals surface area contributed by atoms with Crippen LogP contribution >= 0.6 is 23.2 Å². The van der Waals surface area contributed by atoms with Gasteiger partial charge in [-0.2, -0.15) is 0 Å². The normalized spacial score (nSPS) is 10.7. The summed E-state index contributed by atoms with van der Waals surface area (Å²) >= 11 is 11.9. The maximum Gasteiger partial charge on any atom is 0.325 e. The molecule has 0 saturated carbocycles. The fraction of sp³-hybridized carbons (Fsp3) is 0.333. The maximum absolute atomic E-state index is 12.1. The summed E-state index contributed by atoms with van der Waals surface area (Å²) in [5.41, 5.74) is 0.645. The molecular weight excluding hydrogens is 313 g/mol. The molecule has 0 atom stereocenters. The van der Waals surface area contributed by atoms with E-state index in [2.05, 4.69) is 4.74 Å². The van der Waals surface area contributed by atoms with E-state index in [9.17, 15) is 9.59 Å². The van der Waals surface area contributed by atoms with Crippen molar-refractivity contribution in [2.75, 3.05) is 20.2 Å². The van der Waals surface area contributed by atoms with Crippen molar-refractivity contribution in [3.05, 3.63) is 39.9 Å². The second-order valence-electron chi connectivity index (χ2n) is 4.34. The molecule has 114 valence electrons. The van der Waals surface area contributed by atoms with Gasteiger partial charge in [-0.1, -0.05) is 30.1 Å². The van der Waals surface area contributed by atoms with Crippen molar-refractivity contribution in [3.63, 3.8) is 0 Å². The van der Waals surface area contributed by atoms with Crippen molar-refractivity contribution in [3.8, 4) is 0 Å². The molecule has 0 aromatic heterocycles. The summed E-state index contributed by atoms with van der Waals surface area (Å²) in [5, 5.41) is 1.03. The molecule has 21 heavy (non-hydrogen) atoms. The van der Waals surface area contributed by atoms with E-state index in [1.165, 1.54) is 18.1 Å². The monoisotopic (exact) mass is 329 g/mol. The van der Waals surface area contributed by atoms with Gasteiger partial charge in [0.15, 0.2) is 0 Å². The highest BCUT2D eigenvalue weighted by Gasteiger charge is 2.14. The summed E-state index contributed by atoms with van der Waals surface area (Å²) in [6.07, 6.45) is 3.70. The van der Waals surface area contributed by atoms with Gasteiger partial charge in [-0.3, -0.25) is 9.59 Å². The Hall–Kier alpha value is -1.52. The molecule has 1 aromatic carbocycles. The first-order valence-electron chi connectivity index (χ1n) is 6.46. The minimum Gasteiger partial charge on any atom is -0.468 e. The molecule has 0 radical (unpaired) electrons. The molecule has 0 heterocycles. The highest BCUT2D eigenvalue weighted by molar-refractivity contribution is 6.34. The molecule has 0 fully saturated rings. The van der Waals surface area contributed by atoms with E-state index in [4.69, 9.17) is 23.2 Å². The van der Waals surface area contributed by atoms with Crippen molar-refractivity contribution in [1.29, 1.82) is 0 Å². The molecule has 4 nitrogen and oxygen atoms in total. The van der Waals surface area contributed by atoms with Gasteiger partial charge in [-0.25, -0.2) is 0 Å². The molecule has 6 heteroatoms. The lowest BCUT2D eigenvalue weighted by atomic mass is 10.2. The van der Waals surface area contributed by atoms with Crippen LogP contribution in [0.4, 0.5) is 0 Å². The van der Waals surface area contributed by atoms with E-state index in [-0.39, 0.29) is 12.5 Å². The summed E-state index contributed by atoms with van der Waals surface area (Å²) in [5.74, 6) is -0.732. The number of amides is 1. The van der Waals surface area contributed by atoms with Crippen LogP contribution in [0, 0.1) is 0 Å². The van der Waals surface area contributed by atoms with Gasteiger partial charge in [0.2, 0.25) is 5.91 Å². The third kappa shape index (κ3) is 5.78. The predicted molar refractivity (Wildman–Crippen MR) is 84.4 cm³/mol. The van der Waals surface area contributed by atoms with Crippen LogP contribution < -0.4 is 0 Å². The highest BCUT2D eigenvalue weighted by Crippen LogP contribution is 2.21. The summed E-state index contributed by atoms with van der Waals surface area (Å²) in [6.45, 7) is 2.33. The quantitative estimate of drug-likeness (QED) is 0.593. The molecule has 0 saturated heterocycles. The number of ether oxygens (including phenoxy) is 1. The van der Waals surface area contributed by atoms with Crippen molar-refractivity contribution < 1.29 is 14.3 Å². The minimum absolute atomic E-state index is 0.0726. The number of carbonyl (C=O) groups is 2. The molecule has 1 aromatic rings. The number of nitrogens with zero attached hydrogens (tertiary/aromatic N) is 1. The zero-order chi connectivity index (χ0) is 15.8. The van der Waals surface area contributed by atoms with Crippen LogP contribution in [0.15, 0.2) is 24.3 Å². The Balaban J connectivity index is 2.82. The number of halogens is 2.